The van der Waals surface area contributed by atoms with Crippen molar-refractivity contribution in [1.29, 1.82) is 0 Å². The summed E-state index contributed by atoms with van der Waals surface area (Å²) in [5, 5.41) is 5.80. The predicted octanol–water partition coefficient (Wildman–Crippen LogP) is 2.82. The molecule has 0 aromatic heterocycles. The van der Waals surface area contributed by atoms with E-state index >= 15 is 0 Å². The highest BCUT2D eigenvalue weighted by atomic mass is 16.5. The minimum absolute atomic E-state index is 0.117. The molecule has 0 fully saturated rings. The van der Waals surface area contributed by atoms with Gasteiger partial charge in [-0.05, 0) is 24.5 Å². The molecular formula is C15H24N2O2. The van der Waals surface area contributed by atoms with Crippen LogP contribution in [0.1, 0.15) is 37.8 Å². The van der Waals surface area contributed by atoms with Crippen molar-refractivity contribution in [2.45, 2.75) is 45.9 Å². The van der Waals surface area contributed by atoms with Crippen LogP contribution in [0.15, 0.2) is 24.3 Å². The number of hydrogen-bond acceptors (Lipinski definition) is 2. The van der Waals surface area contributed by atoms with Crippen molar-refractivity contribution in [1.82, 2.24) is 10.6 Å². The number of ether oxygens (including phenoxy) is 1. The molecule has 106 valence electrons. The average Bonchev–Trinajstić information content (AvgIpc) is 2.38. The molecule has 1 aromatic rings. The van der Waals surface area contributed by atoms with E-state index in [2.05, 4.69) is 17.6 Å². The van der Waals surface area contributed by atoms with E-state index in [0.29, 0.717) is 13.2 Å². The van der Waals surface area contributed by atoms with Gasteiger partial charge in [0.25, 0.3) is 0 Å². The van der Waals surface area contributed by atoms with Crippen LogP contribution >= 0.6 is 0 Å². The normalized spacial score (nSPS) is 11.9. The van der Waals surface area contributed by atoms with E-state index < -0.39 is 0 Å². The zero-order valence-corrected chi connectivity index (χ0v) is 12.0. The lowest BCUT2D eigenvalue weighted by atomic mass is 10.1. The van der Waals surface area contributed by atoms with Gasteiger partial charge in [-0.1, -0.05) is 37.6 Å². The largest absolute Gasteiger partial charge is 0.380 e. The van der Waals surface area contributed by atoms with E-state index in [1.165, 1.54) is 0 Å². The Bertz CT molecular complexity index is 393. The minimum atomic E-state index is -0.117. The molecular weight excluding hydrogens is 240 g/mol. The Morgan fingerprint density at radius 1 is 1.32 bits per heavy atom. The first-order chi connectivity index (χ1) is 9.17. The number of nitrogens with one attached hydrogen (secondary N) is 2. The monoisotopic (exact) mass is 264 g/mol. The maximum atomic E-state index is 11.7. The summed E-state index contributed by atoms with van der Waals surface area (Å²) in [6, 6.07) is 8.05. The third-order valence-electron chi connectivity index (χ3n) is 2.96. The average molecular weight is 264 g/mol. The summed E-state index contributed by atoms with van der Waals surface area (Å²) in [4.78, 5) is 11.7. The Morgan fingerprint density at radius 3 is 2.63 bits per heavy atom. The molecule has 19 heavy (non-hydrogen) atoms. The number of methoxy groups -OCH3 is 1. The molecule has 0 aliphatic carbocycles. The van der Waals surface area contributed by atoms with Crippen LogP contribution in [0.4, 0.5) is 4.79 Å². The van der Waals surface area contributed by atoms with E-state index in [4.69, 9.17) is 4.74 Å². The molecule has 0 radical (unpaired) electrons. The number of urea groups is 1. The number of benzene rings is 1. The summed E-state index contributed by atoms with van der Waals surface area (Å²) in [7, 11) is 1.67. The van der Waals surface area contributed by atoms with E-state index in [0.717, 1.165) is 24.0 Å². The van der Waals surface area contributed by atoms with Crippen LogP contribution < -0.4 is 10.6 Å². The van der Waals surface area contributed by atoms with E-state index in [9.17, 15) is 4.79 Å². The maximum absolute atomic E-state index is 11.7. The van der Waals surface area contributed by atoms with Crippen molar-refractivity contribution in [2.24, 2.45) is 0 Å². The second-order valence-corrected chi connectivity index (χ2v) is 4.72. The third kappa shape index (κ3) is 5.75. The van der Waals surface area contributed by atoms with Crippen molar-refractivity contribution in [2.75, 3.05) is 7.11 Å². The fraction of sp³-hybridized carbons (Fsp3) is 0.533. The summed E-state index contributed by atoms with van der Waals surface area (Å²) in [6.07, 6.45) is 2.06. The second-order valence-electron chi connectivity index (χ2n) is 4.72. The molecule has 0 bridgehead atoms. The quantitative estimate of drug-likeness (QED) is 0.795. The number of carbonyl (C=O) groups is 1. The highest BCUT2D eigenvalue weighted by Gasteiger charge is 2.07. The summed E-state index contributed by atoms with van der Waals surface area (Å²) >= 11 is 0. The smallest absolute Gasteiger partial charge is 0.315 e. The van der Waals surface area contributed by atoms with Crippen molar-refractivity contribution < 1.29 is 9.53 Å². The number of rotatable bonds is 7. The Labute approximate surface area is 115 Å². The number of hydrogen-bond donors (Lipinski definition) is 2. The van der Waals surface area contributed by atoms with Gasteiger partial charge < -0.3 is 15.4 Å². The van der Waals surface area contributed by atoms with Gasteiger partial charge in [-0.3, -0.25) is 0 Å². The van der Waals surface area contributed by atoms with Crippen LogP contribution in [-0.4, -0.2) is 19.2 Å². The molecule has 0 heterocycles. The summed E-state index contributed by atoms with van der Waals surface area (Å²) < 4.78 is 5.14. The van der Waals surface area contributed by atoms with Crippen molar-refractivity contribution in [3.8, 4) is 0 Å². The van der Waals surface area contributed by atoms with Gasteiger partial charge in [0.1, 0.15) is 0 Å². The lowest BCUT2D eigenvalue weighted by Gasteiger charge is -2.14. The number of amides is 2. The minimum Gasteiger partial charge on any atom is -0.380 e. The topological polar surface area (TPSA) is 50.4 Å². The Balaban J connectivity index is 2.45. The lowest BCUT2D eigenvalue weighted by molar-refractivity contribution is 0.184. The summed E-state index contributed by atoms with van der Waals surface area (Å²) in [6.45, 7) is 5.20. The van der Waals surface area contributed by atoms with E-state index in [-0.39, 0.29) is 12.1 Å². The zero-order valence-electron chi connectivity index (χ0n) is 12.0. The number of carbonyl (C=O) groups excluding carboxylic acids is 1. The lowest BCUT2D eigenvalue weighted by Crippen LogP contribution is -2.40. The SMILES string of the molecule is CCC[C@H](C)NC(=O)NCc1ccccc1COC. The summed E-state index contributed by atoms with van der Waals surface area (Å²) in [5.41, 5.74) is 2.19. The van der Waals surface area contributed by atoms with E-state index in [1.54, 1.807) is 7.11 Å². The fourth-order valence-electron chi connectivity index (χ4n) is 1.98. The van der Waals surface area contributed by atoms with E-state index in [1.807, 2.05) is 31.2 Å². The molecule has 1 atom stereocenters. The Kier molecular flexibility index (Phi) is 6.97. The Morgan fingerprint density at radius 2 is 2.00 bits per heavy atom. The van der Waals surface area contributed by atoms with Crippen LogP contribution in [0.5, 0.6) is 0 Å². The highest BCUT2D eigenvalue weighted by Crippen LogP contribution is 2.09. The van der Waals surface area contributed by atoms with Gasteiger partial charge >= 0.3 is 6.03 Å². The first kappa shape index (κ1) is 15.5. The Hall–Kier alpha value is -1.55. The van der Waals surface area contributed by atoms with Crippen molar-refractivity contribution >= 4 is 6.03 Å². The molecule has 2 N–H and O–H groups in total. The standard InChI is InChI=1S/C15H24N2O2/c1-4-7-12(2)17-15(18)16-10-13-8-5-6-9-14(13)11-19-3/h5-6,8-9,12H,4,7,10-11H2,1-3H3,(H2,16,17,18)/t12-/m0/s1. The summed E-state index contributed by atoms with van der Waals surface area (Å²) in [5.74, 6) is 0. The predicted molar refractivity (Wildman–Crippen MR) is 76.9 cm³/mol. The fourth-order valence-corrected chi connectivity index (χ4v) is 1.98. The van der Waals surface area contributed by atoms with Gasteiger partial charge in [-0.25, -0.2) is 4.79 Å². The highest BCUT2D eigenvalue weighted by molar-refractivity contribution is 5.74. The molecule has 1 rings (SSSR count). The van der Waals surface area contributed by atoms with Crippen LogP contribution in [0, 0.1) is 0 Å². The molecule has 0 spiro atoms. The molecule has 0 aliphatic rings. The molecule has 2 amide bonds. The third-order valence-corrected chi connectivity index (χ3v) is 2.96. The molecule has 0 aliphatic heterocycles. The zero-order chi connectivity index (χ0) is 14.1. The van der Waals surface area contributed by atoms with Crippen LogP contribution in [0.25, 0.3) is 0 Å². The van der Waals surface area contributed by atoms with Gasteiger partial charge in [0, 0.05) is 19.7 Å². The van der Waals surface area contributed by atoms with Gasteiger partial charge in [-0.15, -0.1) is 0 Å². The first-order valence-electron chi connectivity index (χ1n) is 6.77. The van der Waals surface area contributed by atoms with Gasteiger partial charge in [0.2, 0.25) is 0 Å². The molecule has 0 unspecified atom stereocenters. The molecule has 0 saturated carbocycles. The molecule has 4 nitrogen and oxygen atoms in total. The second kappa shape index (κ2) is 8.53. The van der Waals surface area contributed by atoms with Gasteiger partial charge in [0.05, 0.1) is 6.61 Å². The van der Waals surface area contributed by atoms with Crippen molar-refractivity contribution in [3.63, 3.8) is 0 Å². The van der Waals surface area contributed by atoms with Gasteiger partial charge in [-0.2, -0.15) is 0 Å². The molecule has 1 aromatic carbocycles. The van der Waals surface area contributed by atoms with Crippen LogP contribution in [0.2, 0.25) is 0 Å². The first-order valence-corrected chi connectivity index (χ1v) is 6.77. The van der Waals surface area contributed by atoms with Gasteiger partial charge in [0.15, 0.2) is 0 Å². The molecule has 0 saturated heterocycles. The maximum Gasteiger partial charge on any atom is 0.315 e. The molecule has 4 heteroatoms. The van der Waals surface area contributed by atoms with Crippen LogP contribution in [0.3, 0.4) is 0 Å². The van der Waals surface area contributed by atoms with Crippen molar-refractivity contribution in [3.05, 3.63) is 35.4 Å². The van der Waals surface area contributed by atoms with Crippen LogP contribution in [-0.2, 0) is 17.9 Å².